The first kappa shape index (κ1) is 10.2. The van der Waals surface area contributed by atoms with Crippen molar-refractivity contribution in [3.8, 4) is 5.75 Å². The molecule has 2 aromatic rings. The zero-order chi connectivity index (χ0) is 11.2. The normalized spacial score (nSPS) is 10.5. The Kier molecular flexibility index (Phi) is 3.18. The number of anilines is 1. The van der Waals surface area contributed by atoms with E-state index < -0.39 is 0 Å². The summed E-state index contributed by atoms with van der Waals surface area (Å²) in [4.78, 5) is 0. The second-order valence-electron chi connectivity index (χ2n) is 3.33. The van der Waals surface area contributed by atoms with Crippen LogP contribution in [0.2, 0.25) is 0 Å². The highest BCUT2D eigenvalue weighted by atomic mass is 16.3. The molecule has 0 atom stereocenters. The van der Waals surface area contributed by atoms with Crippen molar-refractivity contribution in [2.45, 2.75) is 0 Å². The van der Waals surface area contributed by atoms with Crippen molar-refractivity contribution in [3.63, 3.8) is 0 Å². The molecule has 3 heteroatoms. The average Bonchev–Trinajstić information content (AvgIpc) is 2.33. The number of hydrogen-bond acceptors (Lipinski definition) is 3. The summed E-state index contributed by atoms with van der Waals surface area (Å²) in [6.45, 7) is 0. The van der Waals surface area contributed by atoms with Crippen molar-refractivity contribution in [3.05, 3.63) is 60.2 Å². The fourth-order valence-corrected chi connectivity index (χ4v) is 1.26. The summed E-state index contributed by atoms with van der Waals surface area (Å²) >= 11 is 0. The summed E-state index contributed by atoms with van der Waals surface area (Å²) in [5, 5.41) is 13.2. The van der Waals surface area contributed by atoms with E-state index in [9.17, 15) is 0 Å². The first-order valence-electron chi connectivity index (χ1n) is 4.98. The van der Waals surface area contributed by atoms with Crippen molar-refractivity contribution < 1.29 is 5.11 Å². The summed E-state index contributed by atoms with van der Waals surface area (Å²) in [5.74, 6) is 0.248. The highest BCUT2D eigenvalue weighted by Crippen LogP contribution is 2.13. The molecule has 0 radical (unpaired) electrons. The molecule has 2 aromatic carbocycles. The fourth-order valence-electron chi connectivity index (χ4n) is 1.26. The standard InChI is InChI=1S/C13H12N2O/c16-13-8-6-12(7-9-13)15-14-10-11-4-2-1-3-5-11/h1-10,15-16H/b14-10-. The molecule has 16 heavy (non-hydrogen) atoms. The predicted octanol–water partition coefficient (Wildman–Crippen LogP) is 2.84. The highest BCUT2D eigenvalue weighted by molar-refractivity contribution is 5.80. The van der Waals surface area contributed by atoms with Crippen LogP contribution in [0.4, 0.5) is 5.69 Å². The molecule has 80 valence electrons. The number of hydrazone groups is 1. The van der Waals surface area contributed by atoms with E-state index in [0.717, 1.165) is 11.3 Å². The average molecular weight is 212 g/mol. The number of nitrogens with zero attached hydrogens (tertiary/aromatic N) is 1. The minimum atomic E-state index is 0.248. The second kappa shape index (κ2) is 4.98. The Balaban J connectivity index is 1.97. The van der Waals surface area contributed by atoms with Crippen molar-refractivity contribution in [1.29, 1.82) is 0 Å². The van der Waals surface area contributed by atoms with E-state index in [2.05, 4.69) is 10.5 Å². The van der Waals surface area contributed by atoms with Crippen LogP contribution in [0, 0.1) is 0 Å². The Labute approximate surface area is 94.1 Å². The van der Waals surface area contributed by atoms with E-state index in [1.165, 1.54) is 0 Å². The molecule has 2 rings (SSSR count). The molecule has 0 amide bonds. The molecule has 0 saturated carbocycles. The SMILES string of the molecule is Oc1ccc(N/N=C\c2ccccc2)cc1. The molecule has 0 saturated heterocycles. The third-order valence-electron chi connectivity index (χ3n) is 2.07. The maximum Gasteiger partial charge on any atom is 0.115 e. The van der Waals surface area contributed by atoms with Crippen LogP contribution < -0.4 is 5.43 Å². The van der Waals surface area contributed by atoms with Crippen LogP contribution >= 0.6 is 0 Å². The molecular weight excluding hydrogens is 200 g/mol. The van der Waals surface area contributed by atoms with Crippen LogP contribution in [0.25, 0.3) is 0 Å². The lowest BCUT2D eigenvalue weighted by atomic mass is 10.2. The Morgan fingerprint density at radius 2 is 1.62 bits per heavy atom. The molecule has 2 N–H and O–H groups in total. The molecule has 0 bridgehead atoms. The molecule has 0 aliphatic rings. The Morgan fingerprint density at radius 3 is 2.31 bits per heavy atom. The van der Waals surface area contributed by atoms with Crippen molar-refractivity contribution in [1.82, 2.24) is 0 Å². The molecule has 0 fully saturated rings. The molecule has 0 aromatic heterocycles. The fraction of sp³-hybridized carbons (Fsp3) is 0. The molecule has 0 heterocycles. The first-order valence-corrected chi connectivity index (χ1v) is 4.98. The lowest BCUT2D eigenvalue weighted by molar-refractivity contribution is 0.475. The van der Waals surface area contributed by atoms with E-state index in [1.54, 1.807) is 30.5 Å². The minimum Gasteiger partial charge on any atom is -0.508 e. The smallest absolute Gasteiger partial charge is 0.115 e. The van der Waals surface area contributed by atoms with Crippen LogP contribution in [0.1, 0.15) is 5.56 Å². The summed E-state index contributed by atoms with van der Waals surface area (Å²) in [6.07, 6.45) is 1.74. The number of benzene rings is 2. The van der Waals surface area contributed by atoms with Gasteiger partial charge < -0.3 is 5.11 Å². The minimum absolute atomic E-state index is 0.248. The van der Waals surface area contributed by atoms with E-state index in [0.29, 0.717) is 0 Å². The van der Waals surface area contributed by atoms with E-state index in [-0.39, 0.29) is 5.75 Å². The number of phenols is 1. The Hall–Kier alpha value is -2.29. The summed E-state index contributed by atoms with van der Waals surface area (Å²) < 4.78 is 0. The molecule has 0 aliphatic carbocycles. The van der Waals surface area contributed by atoms with Crippen LogP contribution in [0.3, 0.4) is 0 Å². The maximum atomic E-state index is 9.09. The molecule has 0 aliphatic heterocycles. The molecule has 3 nitrogen and oxygen atoms in total. The van der Waals surface area contributed by atoms with Gasteiger partial charge in [0.15, 0.2) is 0 Å². The van der Waals surface area contributed by atoms with Crippen LogP contribution in [-0.4, -0.2) is 11.3 Å². The largest absolute Gasteiger partial charge is 0.508 e. The van der Waals surface area contributed by atoms with Gasteiger partial charge >= 0.3 is 0 Å². The molecule has 0 spiro atoms. The predicted molar refractivity (Wildman–Crippen MR) is 65.8 cm³/mol. The van der Waals surface area contributed by atoms with Gasteiger partial charge in [-0.15, -0.1) is 0 Å². The number of aromatic hydroxyl groups is 1. The Morgan fingerprint density at radius 1 is 0.938 bits per heavy atom. The van der Waals surface area contributed by atoms with Crippen molar-refractivity contribution >= 4 is 11.9 Å². The third-order valence-corrected chi connectivity index (χ3v) is 2.07. The van der Waals surface area contributed by atoms with Gasteiger partial charge in [0.05, 0.1) is 11.9 Å². The van der Waals surface area contributed by atoms with Gasteiger partial charge in [0, 0.05) is 0 Å². The maximum absolute atomic E-state index is 9.09. The zero-order valence-corrected chi connectivity index (χ0v) is 8.67. The van der Waals surface area contributed by atoms with Crippen LogP contribution in [0.15, 0.2) is 59.7 Å². The molecular formula is C13H12N2O. The lowest BCUT2D eigenvalue weighted by Gasteiger charge is -1.99. The Bertz CT molecular complexity index is 463. The first-order chi connectivity index (χ1) is 7.84. The van der Waals surface area contributed by atoms with E-state index >= 15 is 0 Å². The number of rotatable bonds is 3. The van der Waals surface area contributed by atoms with Crippen molar-refractivity contribution in [2.24, 2.45) is 5.10 Å². The van der Waals surface area contributed by atoms with Gasteiger partial charge in [-0.3, -0.25) is 5.43 Å². The summed E-state index contributed by atoms with van der Waals surface area (Å²) in [6, 6.07) is 16.6. The summed E-state index contributed by atoms with van der Waals surface area (Å²) in [7, 11) is 0. The number of nitrogens with one attached hydrogen (secondary N) is 1. The molecule has 0 unspecified atom stereocenters. The van der Waals surface area contributed by atoms with Gasteiger partial charge in [-0.05, 0) is 29.8 Å². The van der Waals surface area contributed by atoms with Gasteiger partial charge in [-0.2, -0.15) is 5.10 Å². The van der Waals surface area contributed by atoms with Gasteiger partial charge in [0.25, 0.3) is 0 Å². The number of phenolic OH excluding ortho intramolecular Hbond substituents is 1. The van der Waals surface area contributed by atoms with E-state index in [1.807, 2.05) is 30.3 Å². The van der Waals surface area contributed by atoms with Gasteiger partial charge in [-0.1, -0.05) is 30.3 Å². The zero-order valence-electron chi connectivity index (χ0n) is 8.67. The van der Waals surface area contributed by atoms with Crippen LogP contribution in [0.5, 0.6) is 5.75 Å². The monoisotopic (exact) mass is 212 g/mol. The highest BCUT2D eigenvalue weighted by Gasteiger charge is 1.89. The topological polar surface area (TPSA) is 44.6 Å². The van der Waals surface area contributed by atoms with E-state index in [4.69, 9.17) is 5.11 Å². The van der Waals surface area contributed by atoms with Crippen molar-refractivity contribution in [2.75, 3.05) is 5.43 Å². The van der Waals surface area contributed by atoms with Crippen LogP contribution in [-0.2, 0) is 0 Å². The second-order valence-corrected chi connectivity index (χ2v) is 3.33. The quantitative estimate of drug-likeness (QED) is 0.467. The number of hydrogen-bond donors (Lipinski definition) is 2. The summed E-state index contributed by atoms with van der Waals surface area (Å²) in [5.41, 5.74) is 4.75. The lowest BCUT2D eigenvalue weighted by Crippen LogP contribution is -1.89. The van der Waals surface area contributed by atoms with Gasteiger partial charge in [0.2, 0.25) is 0 Å². The van der Waals surface area contributed by atoms with Gasteiger partial charge in [-0.25, -0.2) is 0 Å². The van der Waals surface area contributed by atoms with Gasteiger partial charge in [0.1, 0.15) is 5.75 Å². The third kappa shape index (κ3) is 2.85.